The third kappa shape index (κ3) is 1.40. The third-order valence-electron chi connectivity index (χ3n) is 2.18. The van der Waals surface area contributed by atoms with Crippen LogP contribution in [0.2, 0.25) is 0 Å². The lowest BCUT2D eigenvalue weighted by Gasteiger charge is -1.95. The molecule has 1 heterocycles. The lowest BCUT2D eigenvalue weighted by atomic mass is 10.1. The van der Waals surface area contributed by atoms with Crippen molar-refractivity contribution >= 4 is 23.0 Å². The molecule has 6 heteroatoms. The quantitative estimate of drug-likeness (QED) is 0.733. The van der Waals surface area contributed by atoms with Gasteiger partial charge in [0.1, 0.15) is 5.52 Å². The number of carbonyl (C=O) groups is 2. The highest BCUT2D eigenvalue weighted by Gasteiger charge is 2.15. The van der Waals surface area contributed by atoms with Gasteiger partial charge in [-0.25, -0.2) is 9.59 Å². The van der Waals surface area contributed by atoms with Crippen molar-refractivity contribution in [3.63, 3.8) is 0 Å². The highest BCUT2D eigenvalue weighted by Crippen LogP contribution is 2.15. The van der Waals surface area contributed by atoms with Crippen molar-refractivity contribution < 1.29 is 19.1 Å². The van der Waals surface area contributed by atoms with Crippen LogP contribution in [0.1, 0.15) is 17.3 Å². The molecule has 0 aliphatic rings. The number of Topliss-reactive ketones (excluding diaryl/α,β-unsaturated/α-hetero) is 1. The van der Waals surface area contributed by atoms with Crippen LogP contribution in [0.4, 0.5) is 4.79 Å². The standard InChI is InChI=1S/C10H7NO5/c1-5(12)6-2-3-7-8(4-6)16-10(15)11(7)9(13)14/h2-4H,1H3,(H,13,14). The summed E-state index contributed by atoms with van der Waals surface area (Å²) < 4.78 is 5.21. The molecule has 1 N–H and O–H groups in total. The number of carboxylic acid groups (broad SMARTS) is 1. The van der Waals surface area contributed by atoms with Gasteiger partial charge in [0.05, 0.1) is 0 Å². The van der Waals surface area contributed by atoms with Crippen LogP contribution < -0.4 is 5.76 Å². The first-order valence-corrected chi connectivity index (χ1v) is 4.40. The normalized spacial score (nSPS) is 10.6. The molecule has 0 saturated carbocycles. The molecule has 0 aliphatic heterocycles. The summed E-state index contributed by atoms with van der Waals surface area (Å²) >= 11 is 0. The van der Waals surface area contributed by atoms with E-state index in [2.05, 4.69) is 0 Å². The van der Waals surface area contributed by atoms with Gasteiger partial charge >= 0.3 is 11.8 Å². The van der Waals surface area contributed by atoms with E-state index in [9.17, 15) is 14.4 Å². The molecule has 2 aromatic rings. The molecule has 1 aromatic heterocycles. The maximum Gasteiger partial charge on any atom is 0.429 e. The number of ketones is 1. The van der Waals surface area contributed by atoms with Gasteiger partial charge in [0, 0.05) is 5.56 Å². The maximum atomic E-state index is 11.2. The molecule has 0 bridgehead atoms. The first kappa shape index (κ1) is 10.2. The van der Waals surface area contributed by atoms with Crippen LogP contribution in [0.3, 0.4) is 0 Å². The van der Waals surface area contributed by atoms with E-state index in [1.54, 1.807) is 0 Å². The molecule has 82 valence electrons. The molecule has 0 spiro atoms. The third-order valence-corrected chi connectivity index (χ3v) is 2.18. The summed E-state index contributed by atoms with van der Waals surface area (Å²) in [5.41, 5.74) is 0.571. The predicted molar refractivity (Wildman–Crippen MR) is 53.9 cm³/mol. The Labute approximate surface area is 88.7 Å². The van der Waals surface area contributed by atoms with Crippen molar-refractivity contribution in [3.05, 3.63) is 34.3 Å². The molecule has 0 amide bonds. The summed E-state index contributed by atoms with van der Waals surface area (Å²) in [5, 5.41) is 8.77. The lowest BCUT2D eigenvalue weighted by molar-refractivity contribution is 0.101. The van der Waals surface area contributed by atoms with Gasteiger partial charge in [-0.15, -0.1) is 0 Å². The van der Waals surface area contributed by atoms with Gasteiger partial charge < -0.3 is 9.52 Å². The fraction of sp³-hybridized carbons (Fsp3) is 0.100. The summed E-state index contributed by atoms with van der Waals surface area (Å²) in [6.45, 7) is 1.37. The monoisotopic (exact) mass is 221 g/mol. The highest BCUT2D eigenvalue weighted by molar-refractivity contribution is 5.97. The zero-order chi connectivity index (χ0) is 11.9. The van der Waals surface area contributed by atoms with Crippen LogP contribution in [0.25, 0.3) is 11.1 Å². The summed E-state index contributed by atoms with van der Waals surface area (Å²) in [7, 11) is 0. The number of aromatic nitrogens is 1. The summed E-state index contributed by atoms with van der Waals surface area (Å²) in [4.78, 5) is 33.0. The number of rotatable bonds is 1. The Hall–Kier alpha value is -2.37. The minimum absolute atomic E-state index is 0.0834. The Kier molecular flexibility index (Phi) is 2.12. The number of benzene rings is 1. The zero-order valence-electron chi connectivity index (χ0n) is 8.26. The van der Waals surface area contributed by atoms with E-state index in [0.29, 0.717) is 10.1 Å². The van der Waals surface area contributed by atoms with Gasteiger partial charge in [-0.05, 0) is 25.1 Å². The van der Waals surface area contributed by atoms with Crippen molar-refractivity contribution in [3.8, 4) is 0 Å². The largest absolute Gasteiger partial charge is 0.464 e. The van der Waals surface area contributed by atoms with Gasteiger partial charge in [0.15, 0.2) is 11.4 Å². The Bertz CT molecular complexity index is 649. The van der Waals surface area contributed by atoms with Gasteiger partial charge in [0.2, 0.25) is 0 Å². The molecular weight excluding hydrogens is 214 g/mol. The van der Waals surface area contributed by atoms with Crippen LogP contribution in [0.5, 0.6) is 0 Å². The second-order valence-electron chi connectivity index (χ2n) is 3.22. The van der Waals surface area contributed by atoms with Crippen LogP contribution in [0, 0.1) is 0 Å². The minimum Gasteiger partial charge on any atom is -0.464 e. The van der Waals surface area contributed by atoms with Crippen LogP contribution in [0.15, 0.2) is 27.4 Å². The number of hydrogen-bond acceptors (Lipinski definition) is 4. The predicted octanol–water partition coefficient (Wildman–Crippen LogP) is 1.32. The molecule has 16 heavy (non-hydrogen) atoms. The molecule has 0 atom stereocenters. The molecule has 0 fully saturated rings. The molecule has 1 aromatic carbocycles. The number of oxazole rings is 1. The van der Waals surface area contributed by atoms with E-state index in [4.69, 9.17) is 9.52 Å². The first-order valence-electron chi connectivity index (χ1n) is 4.40. The lowest BCUT2D eigenvalue weighted by Crippen LogP contribution is -2.20. The van der Waals surface area contributed by atoms with Crippen molar-refractivity contribution in [1.29, 1.82) is 0 Å². The van der Waals surface area contributed by atoms with Crippen LogP contribution in [-0.2, 0) is 0 Å². The van der Waals surface area contributed by atoms with Crippen molar-refractivity contribution in [2.75, 3.05) is 0 Å². The summed E-state index contributed by atoms with van der Waals surface area (Å²) in [6.07, 6.45) is -1.42. The molecular formula is C10H7NO5. The number of fused-ring (bicyclic) bond motifs is 1. The maximum absolute atomic E-state index is 11.2. The Morgan fingerprint density at radius 3 is 2.62 bits per heavy atom. The summed E-state index contributed by atoms with van der Waals surface area (Å²) in [6, 6.07) is 4.16. The molecule has 0 aliphatic carbocycles. The SMILES string of the molecule is CC(=O)c1ccc2c(c1)oc(=O)n2C(=O)O. The number of carbonyl (C=O) groups excluding carboxylic acids is 1. The van der Waals surface area contributed by atoms with Gasteiger partial charge in [0.25, 0.3) is 0 Å². The van der Waals surface area contributed by atoms with Crippen molar-refractivity contribution in [1.82, 2.24) is 4.57 Å². The second-order valence-corrected chi connectivity index (χ2v) is 3.22. The van der Waals surface area contributed by atoms with E-state index in [1.807, 2.05) is 0 Å². The molecule has 6 nitrogen and oxygen atoms in total. The van der Waals surface area contributed by atoms with Crippen molar-refractivity contribution in [2.24, 2.45) is 0 Å². The average molecular weight is 221 g/mol. The van der Waals surface area contributed by atoms with E-state index in [-0.39, 0.29) is 16.9 Å². The van der Waals surface area contributed by atoms with Gasteiger partial charge in [-0.3, -0.25) is 4.79 Å². The van der Waals surface area contributed by atoms with Crippen molar-refractivity contribution in [2.45, 2.75) is 6.92 Å². The van der Waals surface area contributed by atoms with Crippen LogP contribution in [-0.4, -0.2) is 21.6 Å². The number of hydrogen-bond donors (Lipinski definition) is 1. The van der Waals surface area contributed by atoms with E-state index < -0.39 is 11.8 Å². The van der Waals surface area contributed by atoms with Gasteiger partial charge in [-0.2, -0.15) is 4.57 Å². The van der Waals surface area contributed by atoms with E-state index in [1.165, 1.54) is 25.1 Å². The fourth-order valence-electron chi connectivity index (χ4n) is 1.42. The van der Waals surface area contributed by atoms with Crippen LogP contribution >= 0.6 is 0 Å². The number of nitrogens with zero attached hydrogens (tertiary/aromatic N) is 1. The summed E-state index contributed by atoms with van der Waals surface area (Å²) in [5.74, 6) is -1.17. The molecule has 2 rings (SSSR count). The second kappa shape index (κ2) is 3.34. The molecule has 0 radical (unpaired) electrons. The minimum atomic E-state index is -1.42. The smallest absolute Gasteiger partial charge is 0.429 e. The fourth-order valence-corrected chi connectivity index (χ4v) is 1.42. The van der Waals surface area contributed by atoms with E-state index >= 15 is 0 Å². The Balaban J connectivity index is 2.80. The molecule has 0 unspecified atom stereocenters. The molecule has 0 saturated heterocycles. The highest BCUT2D eigenvalue weighted by atomic mass is 16.4. The Morgan fingerprint density at radius 2 is 2.06 bits per heavy atom. The topological polar surface area (TPSA) is 89.5 Å². The Morgan fingerprint density at radius 1 is 1.38 bits per heavy atom. The van der Waals surface area contributed by atoms with E-state index in [0.717, 1.165) is 0 Å². The average Bonchev–Trinajstić information content (AvgIpc) is 2.51. The zero-order valence-corrected chi connectivity index (χ0v) is 8.26. The first-order chi connectivity index (χ1) is 7.50. The van der Waals surface area contributed by atoms with Gasteiger partial charge in [-0.1, -0.05) is 0 Å².